The number of para-hydroxylation sites is 2. The molecule has 3 rings (SSSR count). The molecule has 0 heterocycles. The van der Waals surface area contributed by atoms with E-state index >= 15 is 0 Å². The maximum Gasteiger partial charge on any atom is 0.263 e. The molecular weight excluding hydrogens is 442 g/mol. The van der Waals surface area contributed by atoms with Crippen molar-refractivity contribution < 1.29 is 22.7 Å². The van der Waals surface area contributed by atoms with Crippen LogP contribution < -0.4 is 19.2 Å². The number of hydrogen-bond donors (Lipinski definition) is 1. The van der Waals surface area contributed by atoms with Crippen LogP contribution in [-0.2, 0) is 14.8 Å². The van der Waals surface area contributed by atoms with Gasteiger partial charge < -0.3 is 9.47 Å². The average Bonchev–Trinajstić information content (AvgIpc) is 2.80. The van der Waals surface area contributed by atoms with Crippen molar-refractivity contribution in [1.29, 1.82) is 0 Å². The summed E-state index contributed by atoms with van der Waals surface area (Å²) in [4.78, 5) is 12.7. The number of sulfonamides is 1. The van der Waals surface area contributed by atoms with Crippen molar-refractivity contribution >= 4 is 27.8 Å². The van der Waals surface area contributed by atoms with Crippen molar-refractivity contribution in [3.63, 3.8) is 0 Å². The van der Waals surface area contributed by atoms with Crippen LogP contribution >= 0.6 is 0 Å². The molecule has 3 aromatic rings. The number of ether oxygens (including phenoxy) is 2. The van der Waals surface area contributed by atoms with Gasteiger partial charge in [0.05, 0.1) is 25.3 Å². The molecule has 0 aromatic heterocycles. The Bertz CT molecular complexity index is 1210. The summed E-state index contributed by atoms with van der Waals surface area (Å²) >= 11 is 0. The number of carbonyl (C=O) groups is 1. The SMILES string of the molecule is COc1ccccc1/C=N\NC(=O)[C@H](C)N(c1ccc(Oc2ccccc2)cc1)S(C)(=O)=O. The molecule has 0 aliphatic carbocycles. The van der Waals surface area contributed by atoms with Crippen LogP contribution in [0, 0.1) is 0 Å². The van der Waals surface area contributed by atoms with Crippen LogP contribution in [0.4, 0.5) is 5.69 Å². The lowest BCUT2D eigenvalue weighted by Gasteiger charge is -2.27. The van der Waals surface area contributed by atoms with E-state index < -0.39 is 22.0 Å². The molecule has 0 aliphatic heterocycles. The van der Waals surface area contributed by atoms with E-state index in [1.807, 2.05) is 42.5 Å². The van der Waals surface area contributed by atoms with Crippen molar-refractivity contribution in [2.45, 2.75) is 13.0 Å². The zero-order valence-electron chi connectivity index (χ0n) is 18.5. The predicted octanol–water partition coefficient (Wildman–Crippen LogP) is 3.79. The Kier molecular flexibility index (Phi) is 7.68. The van der Waals surface area contributed by atoms with Gasteiger partial charge in [0.2, 0.25) is 10.0 Å². The third-order valence-corrected chi connectivity index (χ3v) is 5.92. The fourth-order valence-corrected chi connectivity index (χ4v) is 4.30. The molecule has 9 heteroatoms. The minimum Gasteiger partial charge on any atom is -0.496 e. The second kappa shape index (κ2) is 10.6. The fourth-order valence-electron chi connectivity index (χ4n) is 3.13. The summed E-state index contributed by atoms with van der Waals surface area (Å²) in [6.07, 6.45) is 2.48. The Morgan fingerprint density at radius 1 is 0.970 bits per heavy atom. The first kappa shape index (κ1) is 23.8. The van der Waals surface area contributed by atoms with Gasteiger partial charge in [0, 0.05) is 5.56 Å². The van der Waals surface area contributed by atoms with E-state index in [0.717, 1.165) is 10.6 Å². The van der Waals surface area contributed by atoms with E-state index in [9.17, 15) is 13.2 Å². The summed E-state index contributed by atoms with van der Waals surface area (Å²) in [5.41, 5.74) is 3.39. The standard InChI is InChI=1S/C24H25N3O5S/c1-18(24(28)26-25-17-19-9-7-8-12-23(19)31-2)27(33(3,29)30)20-13-15-22(16-14-20)32-21-10-5-4-6-11-21/h4-18H,1-3H3,(H,26,28)/b25-17-/t18-/m0/s1. The molecule has 8 nitrogen and oxygen atoms in total. The third kappa shape index (κ3) is 6.33. The number of methoxy groups -OCH3 is 1. The van der Waals surface area contributed by atoms with Crippen LogP contribution in [0.1, 0.15) is 12.5 Å². The summed E-state index contributed by atoms with van der Waals surface area (Å²) < 4.78 is 37.0. The molecule has 0 fully saturated rings. The molecule has 0 radical (unpaired) electrons. The van der Waals surface area contributed by atoms with Crippen LogP contribution in [0.15, 0.2) is 84.0 Å². The first-order valence-corrected chi connectivity index (χ1v) is 11.9. The number of carbonyl (C=O) groups excluding carboxylic acids is 1. The lowest BCUT2D eigenvalue weighted by atomic mass is 10.2. The Hall–Kier alpha value is -3.85. The van der Waals surface area contributed by atoms with Crippen molar-refractivity contribution in [2.75, 3.05) is 17.7 Å². The van der Waals surface area contributed by atoms with Gasteiger partial charge in [-0.1, -0.05) is 30.3 Å². The molecule has 3 aromatic carbocycles. The Morgan fingerprint density at radius 3 is 2.21 bits per heavy atom. The number of hydrazone groups is 1. The smallest absolute Gasteiger partial charge is 0.263 e. The highest BCUT2D eigenvalue weighted by Gasteiger charge is 2.29. The van der Waals surface area contributed by atoms with Gasteiger partial charge in [-0.25, -0.2) is 13.8 Å². The number of rotatable bonds is 9. The molecular formula is C24H25N3O5S. The van der Waals surface area contributed by atoms with Gasteiger partial charge in [0.15, 0.2) is 0 Å². The highest BCUT2D eigenvalue weighted by Crippen LogP contribution is 2.27. The molecule has 0 saturated heterocycles. The topological polar surface area (TPSA) is 97.3 Å². The average molecular weight is 468 g/mol. The van der Waals surface area contributed by atoms with Gasteiger partial charge in [-0.2, -0.15) is 5.10 Å². The number of anilines is 1. The number of amides is 1. The Balaban J connectivity index is 1.74. The molecule has 1 N–H and O–H groups in total. The maximum absolute atomic E-state index is 12.7. The zero-order valence-corrected chi connectivity index (χ0v) is 19.3. The highest BCUT2D eigenvalue weighted by atomic mass is 32.2. The minimum absolute atomic E-state index is 0.328. The normalized spacial score (nSPS) is 12.2. The highest BCUT2D eigenvalue weighted by molar-refractivity contribution is 7.92. The van der Waals surface area contributed by atoms with E-state index in [-0.39, 0.29) is 0 Å². The minimum atomic E-state index is -3.76. The predicted molar refractivity (Wildman–Crippen MR) is 128 cm³/mol. The first-order valence-electron chi connectivity index (χ1n) is 10.1. The molecule has 1 atom stereocenters. The second-order valence-electron chi connectivity index (χ2n) is 7.12. The maximum atomic E-state index is 12.7. The van der Waals surface area contributed by atoms with Crippen LogP contribution in [0.25, 0.3) is 0 Å². The number of nitrogens with one attached hydrogen (secondary N) is 1. The summed E-state index contributed by atoms with van der Waals surface area (Å²) in [5.74, 6) is 1.21. The molecule has 0 saturated carbocycles. The van der Waals surface area contributed by atoms with Gasteiger partial charge in [-0.05, 0) is 55.5 Å². The van der Waals surface area contributed by atoms with Crippen molar-refractivity contribution in [3.05, 3.63) is 84.4 Å². The lowest BCUT2D eigenvalue weighted by Crippen LogP contribution is -2.46. The van der Waals surface area contributed by atoms with Gasteiger partial charge in [-0.15, -0.1) is 0 Å². The van der Waals surface area contributed by atoms with Crippen molar-refractivity contribution in [3.8, 4) is 17.2 Å². The van der Waals surface area contributed by atoms with Gasteiger partial charge >= 0.3 is 0 Å². The van der Waals surface area contributed by atoms with E-state index in [0.29, 0.717) is 28.5 Å². The molecule has 1 amide bonds. The Labute approximate surface area is 193 Å². The van der Waals surface area contributed by atoms with Crippen LogP contribution in [-0.4, -0.2) is 39.9 Å². The molecule has 0 unspecified atom stereocenters. The van der Waals surface area contributed by atoms with E-state index in [1.165, 1.54) is 20.2 Å². The first-order chi connectivity index (χ1) is 15.8. The van der Waals surface area contributed by atoms with Crippen molar-refractivity contribution in [1.82, 2.24) is 5.43 Å². The zero-order chi connectivity index (χ0) is 23.8. The lowest BCUT2D eigenvalue weighted by molar-refractivity contribution is -0.121. The summed E-state index contributed by atoms with van der Waals surface area (Å²) in [6.45, 7) is 1.49. The second-order valence-corrected chi connectivity index (χ2v) is 8.98. The van der Waals surface area contributed by atoms with E-state index in [1.54, 1.807) is 36.4 Å². The van der Waals surface area contributed by atoms with Crippen LogP contribution in [0.3, 0.4) is 0 Å². The monoisotopic (exact) mass is 467 g/mol. The summed E-state index contributed by atoms with van der Waals surface area (Å²) in [5, 5.41) is 3.94. The molecule has 0 bridgehead atoms. The number of hydrogen-bond acceptors (Lipinski definition) is 6. The van der Waals surface area contributed by atoms with Gasteiger partial charge in [0.25, 0.3) is 5.91 Å². The number of benzene rings is 3. The fraction of sp³-hybridized carbons (Fsp3) is 0.167. The molecule has 33 heavy (non-hydrogen) atoms. The molecule has 172 valence electrons. The van der Waals surface area contributed by atoms with E-state index in [2.05, 4.69) is 10.5 Å². The quantitative estimate of drug-likeness (QED) is 0.381. The van der Waals surface area contributed by atoms with Gasteiger partial charge in [-0.3, -0.25) is 9.10 Å². The summed E-state index contributed by atoms with van der Waals surface area (Å²) in [6, 6.07) is 21.8. The third-order valence-electron chi connectivity index (χ3n) is 4.68. The molecule has 0 spiro atoms. The molecule has 0 aliphatic rings. The van der Waals surface area contributed by atoms with Crippen molar-refractivity contribution in [2.24, 2.45) is 5.10 Å². The number of nitrogens with zero attached hydrogens (tertiary/aromatic N) is 2. The largest absolute Gasteiger partial charge is 0.496 e. The van der Waals surface area contributed by atoms with E-state index in [4.69, 9.17) is 9.47 Å². The summed E-state index contributed by atoms with van der Waals surface area (Å²) in [7, 11) is -2.23. The Morgan fingerprint density at radius 2 is 1.58 bits per heavy atom. The van der Waals surface area contributed by atoms with Gasteiger partial charge in [0.1, 0.15) is 23.3 Å². The van der Waals surface area contributed by atoms with Crippen LogP contribution in [0.2, 0.25) is 0 Å². The van der Waals surface area contributed by atoms with Crippen LogP contribution in [0.5, 0.6) is 17.2 Å².